The number of rotatable bonds is 5. The molecule has 1 saturated heterocycles. The summed E-state index contributed by atoms with van der Waals surface area (Å²) < 4.78 is 45.2. The van der Waals surface area contributed by atoms with Gasteiger partial charge in [0.2, 0.25) is 10.0 Å². The van der Waals surface area contributed by atoms with Crippen molar-refractivity contribution in [3.05, 3.63) is 42.2 Å². The molecule has 2 rings (SSSR count). The van der Waals surface area contributed by atoms with Crippen LogP contribution in [0.5, 0.6) is 0 Å². The highest BCUT2D eigenvalue weighted by atomic mass is 32.2. The van der Waals surface area contributed by atoms with Crippen LogP contribution < -0.4 is 4.72 Å². The SMILES string of the molecule is C=CCNS(=O)(=O)c1cc(C(=O)N2CCOCC2)ccc1F. The van der Waals surface area contributed by atoms with Crippen LogP contribution >= 0.6 is 0 Å². The van der Waals surface area contributed by atoms with Gasteiger partial charge >= 0.3 is 0 Å². The molecular weight excluding hydrogens is 311 g/mol. The van der Waals surface area contributed by atoms with Crippen LogP contribution in [-0.4, -0.2) is 52.1 Å². The lowest BCUT2D eigenvalue weighted by molar-refractivity contribution is 0.0302. The van der Waals surface area contributed by atoms with E-state index in [1.165, 1.54) is 12.1 Å². The lowest BCUT2D eigenvalue weighted by atomic mass is 10.2. The molecule has 0 spiro atoms. The van der Waals surface area contributed by atoms with Crippen LogP contribution in [0.2, 0.25) is 0 Å². The lowest BCUT2D eigenvalue weighted by Gasteiger charge is -2.27. The van der Waals surface area contributed by atoms with E-state index in [0.29, 0.717) is 26.3 Å². The van der Waals surface area contributed by atoms with Gasteiger partial charge in [0.15, 0.2) is 0 Å². The molecule has 0 aromatic heterocycles. The van der Waals surface area contributed by atoms with E-state index in [-0.39, 0.29) is 18.0 Å². The number of amides is 1. The highest BCUT2D eigenvalue weighted by Crippen LogP contribution is 2.18. The molecule has 1 fully saturated rings. The molecule has 1 aliphatic rings. The number of sulfonamides is 1. The third-order valence-corrected chi connectivity index (χ3v) is 4.62. The molecule has 1 aromatic rings. The number of morpholine rings is 1. The van der Waals surface area contributed by atoms with E-state index in [9.17, 15) is 17.6 Å². The monoisotopic (exact) mass is 328 g/mol. The maximum absolute atomic E-state index is 13.8. The molecular formula is C14H17FN2O4S. The first-order valence-corrected chi connectivity index (χ1v) is 8.21. The predicted molar refractivity (Wildman–Crippen MR) is 78.5 cm³/mol. The fraction of sp³-hybridized carbons (Fsp3) is 0.357. The molecule has 1 N–H and O–H groups in total. The zero-order chi connectivity index (χ0) is 16.2. The third kappa shape index (κ3) is 3.70. The van der Waals surface area contributed by atoms with E-state index in [1.54, 1.807) is 4.90 Å². The fourth-order valence-electron chi connectivity index (χ4n) is 2.04. The molecule has 22 heavy (non-hydrogen) atoms. The summed E-state index contributed by atoms with van der Waals surface area (Å²) in [5.74, 6) is -1.25. The van der Waals surface area contributed by atoms with Gasteiger partial charge in [0.1, 0.15) is 10.7 Å². The number of carbonyl (C=O) groups is 1. The van der Waals surface area contributed by atoms with E-state index in [2.05, 4.69) is 11.3 Å². The minimum absolute atomic E-state index is 0.0244. The number of halogens is 1. The van der Waals surface area contributed by atoms with Crippen molar-refractivity contribution in [2.75, 3.05) is 32.8 Å². The Morgan fingerprint density at radius 2 is 2.09 bits per heavy atom. The average Bonchev–Trinajstić information content (AvgIpc) is 2.53. The summed E-state index contributed by atoms with van der Waals surface area (Å²) in [4.78, 5) is 13.3. The Hall–Kier alpha value is -1.77. The van der Waals surface area contributed by atoms with Crippen molar-refractivity contribution in [3.63, 3.8) is 0 Å². The summed E-state index contributed by atoms with van der Waals surface area (Å²) in [5, 5.41) is 0. The Balaban J connectivity index is 2.29. The first-order chi connectivity index (χ1) is 10.5. The molecule has 1 aliphatic heterocycles. The maximum Gasteiger partial charge on any atom is 0.254 e. The van der Waals surface area contributed by atoms with Crippen molar-refractivity contribution >= 4 is 15.9 Å². The molecule has 0 unspecified atom stereocenters. The minimum Gasteiger partial charge on any atom is -0.378 e. The first kappa shape index (κ1) is 16.6. The number of carbonyl (C=O) groups excluding carboxylic acids is 1. The molecule has 1 heterocycles. The summed E-state index contributed by atoms with van der Waals surface area (Å²) >= 11 is 0. The van der Waals surface area contributed by atoms with Crippen LogP contribution in [-0.2, 0) is 14.8 Å². The van der Waals surface area contributed by atoms with Gasteiger partial charge in [-0.15, -0.1) is 6.58 Å². The fourth-order valence-corrected chi connectivity index (χ4v) is 3.14. The van der Waals surface area contributed by atoms with Crippen molar-refractivity contribution in [1.82, 2.24) is 9.62 Å². The molecule has 0 atom stereocenters. The van der Waals surface area contributed by atoms with Crippen LogP contribution in [0.25, 0.3) is 0 Å². The maximum atomic E-state index is 13.8. The lowest BCUT2D eigenvalue weighted by Crippen LogP contribution is -2.40. The number of hydrogen-bond acceptors (Lipinski definition) is 4. The van der Waals surface area contributed by atoms with Crippen LogP contribution in [0.15, 0.2) is 35.7 Å². The number of benzene rings is 1. The molecule has 0 aliphatic carbocycles. The van der Waals surface area contributed by atoms with E-state index in [0.717, 1.165) is 12.1 Å². The van der Waals surface area contributed by atoms with Crippen molar-refractivity contribution in [2.45, 2.75) is 4.90 Å². The molecule has 0 saturated carbocycles. The van der Waals surface area contributed by atoms with Gasteiger partial charge in [-0.25, -0.2) is 17.5 Å². The van der Waals surface area contributed by atoms with Crippen molar-refractivity contribution in [2.24, 2.45) is 0 Å². The highest BCUT2D eigenvalue weighted by Gasteiger charge is 2.23. The zero-order valence-electron chi connectivity index (χ0n) is 11.9. The zero-order valence-corrected chi connectivity index (χ0v) is 12.7. The van der Waals surface area contributed by atoms with Gasteiger partial charge in [0.25, 0.3) is 5.91 Å². The summed E-state index contributed by atoms with van der Waals surface area (Å²) in [6.45, 7) is 5.08. The van der Waals surface area contributed by atoms with Gasteiger partial charge in [-0.05, 0) is 18.2 Å². The van der Waals surface area contributed by atoms with Crippen LogP contribution in [0.3, 0.4) is 0 Å². The Labute approximate surface area is 128 Å². The molecule has 1 amide bonds. The van der Waals surface area contributed by atoms with Crippen LogP contribution in [0.1, 0.15) is 10.4 Å². The van der Waals surface area contributed by atoms with Gasteiger partial charge in [0.05, 0.1) is 13.2 Å². The van der Waals surface area contributed by atoms with Gasteiger partial charge in [-0.1, -0.05) is 6.08 Å². The summed E-state index contributed by atoms with van der Waals surface area (Å²) in [7, 11) is -4.03. The van der Waals surface area contributed by atoms with Gasteiger partial charge in [-0.3, -0.25) is 4.79 Å². The second-order valence-electron chi connectivity index (χ2n) is 4.69. The molecule has 0 bridgehead atoms. The summed E-state index contributed by atoms with van der Waals surface area (Å²) in [6, 6.07) is 3.31. The number of nitrogens with zero attached hydrogens (tertiary/aromatic N) is 1. The molecule has 8 heteroatoms. The Kier molecular flexibility index (Phi) is 5.28. The van der Waals surface area contributed by atoms with E-state index in [4.69, 9.17) is 4.74 Å². The van der Waals surface area contributed by atoms with Gasteiger partial charge in [0, 0.05) is 25.2 Å². The molecule has 120 valence electrons. The molecule has 1 aromatic carbocycles. The second kappa shape index (κ2) is 6.99. The Morgan fingerprint density at radius 1 is 1.41 bits per heavy atom. The van der Waals surface area contributed by atoms with Crippen molar-refractivity contribution in [3.8, 4) is 0 Å². The quantitative estimate of drug-likeness (QED) is 0.810. The largest absolute Gasteiger partial charge is 0.378 e. The van der Waals surface area contributed by atoms with Crippen LogP contribution in [0, 0.1) is 5.82 Å². The predicted octanol–water partition coefficient (Wildman–Crippen LogP) is 0.762. The normalized spacial score (nSPS) is 15.6. The van der Waals surface area contributed by atoms with Gasteiger partial charge < -0.3 is 9.64 Å². The summed E-state index contributed by atoms with van der Waals surface area (Å²) in [6.07, 6.45) is 1.35. The Morgan fingerprint density at radius 3 is 2.73 bits per heavy atom. The first-order valence-electron chi connectivity index (χ1n) is 6.73. The number of ether oxygens (including phenoxy) is 1. The second-order valence-corrected chi connectivity index (χ2v) is 6.43. The summed E-state index contributed by atoms with van der Waals surface area (Å²) in [5.41, 5.74) is 0.127. The van der Waals surface area contributed by atoms with E-state index >= 15 is 0 Å². The average molecular weight is 328 g/mol. The van der Waals surface area contributed by atoms with Crippen molar-refractivity contribution in [1.29, 1.82) is 0 Å². The standard InChI is InChI=1S/C14H17FN2O4S/c1-2-5-16-22(19,20)13-10-11(3-4-12(13)15)14(18)17-6-8-21-9-7-17/h2-4,10,16H,1,5-9H2. The third-order valence-electron chi connectivity index (χ3n) is 3.18. The van der Waals surface area contributed by atoms with E-state index in [1.807, 2.05) is 0 Å². The topological polar surface area (TPSA) is 75.7 Å². The van der Waals surface area contributed by atoms with Crippen LogP contribution in [0.4, 0.5) is 4.39 Å². The molecule has 6 nitrogen and oxygen atoms in total. The van der Waals surface area contributed by atoms with Gasteiger partial charge in [-0.2, -0.15) is 0 Å². The minimum atomic E-state index is -4.03. The number of hydrogen-bond donors (Lipinski definition) is 1. The van der Waals surface area contributed by atoms with Crippen molar-refractivity contribution < 1.29 is 22.3 Å². The highest BCUT2D eigenvalue weighted by molar-refractivity contribution is 7.89. The Bertz CT molecular complexity index is 669. The number of nitrogens with one attached hydrogen (secondary N) is 1. The molecule has 0 radical (unpaired) electrons. The van der Waals surface area contributed by atoms with E-state index < -0.39 is 20.7 Å². The smallest absolute Gasteiger partial charge is 0.254 e.